The maximum absolute atomic E-state index is 10.1. The van der Waals surface area contributed by atoms with Crippen LogP contribution in [0.5, 0.6) is 0 Å². The first-order valence-electron chi connectivity index (χ1n) is 2.56. The molecular weight excluding hydrogens is 134 g/mol. The zero-order valence-corrected chi connectivity index (χ0v) is 5.10. The van der Waals surface area contributed by atoms with Crippen molar-refractivity contribution in [2.24, 2.45) is 0 Å². The standard InChI is InChI=1S/C5H5N3O2/c1-2-7-5(8(9)10)3-4-6-7/h2-4H,1H2. The Morgan fingerprint density at radius 3 is 3.00 bits per heavy atom. The van der Waals surface area contributed by atoms with Crippen molar-refractivity contribution in [2.45, 2.75) is 0 Å². The monoisotopic (exact) mass is 139 g/mol. The Kier molecular flexibility index (Phi) is 1.49. The fraction of sp³-hybridized carbons (Fsp3) is 0. The highest BCUT2D eigenvalue weighted by molar-refractivity contribution is 5.29. The van der Waals surface area contributed by atoms with Crippen LogP contribution in [0.15, 0.2) is 18.8 Å². The fourth-order valence-electron chi connectivity index (χ4n) is 0.593. The highest BCUT2D eigenvalue weighted by atomic mass is 16.6. The van der Waals surface area contributed by atoms with E-state index in [0.29, 0.717) is 0 Å². The molecule has 0 saturated carbocycles. The Bertz CT molecular complexity index is 266. The van der Waals surface area contributed by atoms with Crippen molar-refractivity contribution in [1.29, 1.82) is 0 Å². The smallest absolute Gasteiger partial charge is 0.349 e. The van der Waals surface area contributed by atoms with E-state index >= 15 is 0 Å². The third kappa shape index (κ3) is 0.883. The molecule has 0 unspecified atom stereocenters. The van der Waals surface area contributed by atoms with Crippen LogP contribution in [-0.2, 0) is 0 Å². The van der Waals surface area contributed by atoms with Gasteiger partial charge in [-0.3, -0.25) is 0 Å². The summed E-state index contributed by atoms with van der Waals surface area (Å²) in [6.07, 6.45) is 2.62. The van der Waals surface area contributed by atoms with Gasteiger partial charge in [-0.25, -0.2) is 0 Å². The van der Waals surface area contributed by atoms with Gasteiger partial charge in [0, 0.05) is 0 Å². The molecule has 0 spiro atoms. The van der Waals surface area contributed by atoms with E-state index in [2.05, 4.69) is 11.7 Å². The Morgan fingerprint density at radius 2 is 2.60 bits per heavy atom. The molecule has 52 valence electrons. The minimum Gasteiger partial charge on any atom is -0.358 e. The molecule has 10 heavy (non-hydrogen) atoms. The third-order valence-electron chi connectivity index (χ3n) is 1.01. The van der Waals surface area contributed by atoms with Gasteiger partial charge in [-0.1, -0.05) is 11.7 Å². The molecule has 5 nitrogen and oxygen atoms in total. The maximum Gasteiger partial charge on any atom is 0.349 e. The van der Waals surface area contributed by atoms with Crippen LogP contribution in [0, 0.1) is 10.1 Å². The normalized spacial score (nSPS) is 9.20. The van der Waals surface area contributed by atoms with Crippen LogP contribution >= 0.6 is 0 Å². The molecular formula is C5H5N3O2. The number of rotatable bonds is 2. The van der Waals surface area contributed by atoms with E-state index in [0.717, 1.165) is 4.68 Å². The third-order valence-corrected chi connectivity index (χ3v) is 1.01. The molecule has 0 aliphatic heterocycles. The molecule has 0 aliphatic rings. The first-order valence-corrected chi connectivity index (χ1v) is 2.56. The largest absolute Gasteiger partial charge is 0.358 e. The molecule has 0 radical (unpaired) electrons. The van der Waals surface area contributed by atoms with E-state index in [-0.39, 0.29) is 5.82 Å². The second-order valence-electron chi connectivity index (χ2n) is 1.57. The summed E-state index contributed by atoms with van der Waals surface area (Å²) in [6.45, 7) is 3.34. The molecule has 0 fully saturated rings. The van der Waals surface area contributed by atoms with Crippen molar-refractivity contribution >= 4 is 12.0 Å². The maximum atomic E-state index is 10.1. The van der Waals surface area contributed by atoms with E-state index in [1.807, 2.05) is 0 Å². The minimum atomic E-state index is -0.519. The van der Waals surface area contributed by atoms with Crippen LogP contribution in [0.1, 0.15) is 0 Å². The topological polar surface area (TPSA) is 61.0 Å². The lowest BCUT2D eigenvalue weighted by Gasteiger charge is -1.89. The summed E-state index contributed by atoms with van der Waals surface area (Å²) in [6, 6.07) is 1.31. The number of hydrogen-bond acceptors (Lipinski definition) is 3. The van der Waals surface area contributed by atoms with Crippen molar-refractivity contribution < 1.29 is 4.92 Å². The molecule has 5 heteroatoms. The van der Waals surface area contributed by atoms with Crippen LogP contribution in [0.4, 0.5) is 5.82 Å². The van der Waals surface area contributed by atoms with Gasteiger partial charge in [-0.2, -0.15) is 0 Å². The first-order chi connectivity index (χ1) is 4.75. The summed E-state index contributed by atoms with van der Waals surface area (Å²) >= 11 is 0. The fourth-order valence-corrected chi connectivity index (χ4v) is 0.593. The highest BCUT2D eigenvalue weighted by Crippen LogP contribution is 2.07. The predicted octanol–water partition coefficient (Wildman–Crippen LogP) is 0.892. The SMILES string of the molecule is C=Cn1nccc1[N+](=O)[O-]. The van der Waals surface area contributed by atoms with Crippen LogP contribution in [0.3, 0.4) is 0 Å². The van der Waals surface area contributed by atoms with Gasteiger partial charge in [0.25, 0.3) is 0 Å². The van der Waals surface area contributed by atoms with Crippen LogP contribution in [-0.4, -0.2) is 14.7 Å². The van der Waals surface area contributed by atoms with Gasteiger partial charge in [-0.15, -0.1) is 4.68 Å². The molecule has 0 aliphatic carbocycles. The molecule has 0 aromatic carbocycles. The molecule has 1 heterocycles. The molecule has 1 rings (SSSR count). The Balaban J connectivity index is 3.13. The van der Waals surface area contributed by atoms with E-state index < -0.39 is 4.92 Å². The van der Waals surface area contributed by atoms with Crippen LogP contribution in [0.2, 0.25) is 0 Å². The zero-order chi connectivity index (χ0) is 7.56. The van der Waals surface area contributed by atoms with E-state index in [1.165, 1.54) is 18.5 Å². The average molecular weight is 139 g/mol. The van der Waals surface area contributed by atoms with Gasteiger partial charge in [0.2, 0.25) is 0 Å². The Hall–Kier alpha value is -1.65. The van der Waals surface area contributed by atoms with Crippen LogP contribution in [0.25, 0.3) is 6.20 Å². The molecule has 0 amide bonds. The van der Waals surface area contributed by atoms with E-state index in [1.54, 1.807) is 0 Å². The summed E-state index contributed by atoms with van der Waals surface area (Å²) in [5.74, 6) is -0.0741. The lowest BCUT2D eigenvalue weighted by molar-refractivity contribution is -0.391. The lowest BCUT2D eigenvalue weighted by atomic mass is 10.6. The van der Waals surface area contributed by atoms with E-state index in [4.69, 9.17) is 0 Å². The minimum absolute atomic E-state index is 0.0741. The summed E-state index contributed by atoms with van der Waals surface area (Å²) in [4.78, 5) is 9.62. The highest BCUT2D eigenvalue weighted by Gasteiger charge is 2.08. The summed E-state index contributed by atoms with van der Waals surface area (Å²) < 4.78 is 1.10. The lowest BCUT2D eigenvalue weighted by Crippen LogP contribution is -1.96. The molecule has 0 bridgehead atoms. The molecule has 0 atom stereocenters. The Morgan fingerprint density at radius 1 is 1.90 bits per heavy atom. The number of nitro groups is 1. The number of nitrogens with zero attached hydrogens (tertiary/aromatic N) is 3. The quantitative estimate of drug-likeness (QED) is 0.451. The van der Waals surface area contributed by atoms with Gasteiger partial charge < -0.3 is 10.1 Å². The van der Waals surface area contributed by atoms with Gasteiger partial charge >= 0.3 is 5.82 Å². The van der Waals surface area contributed by atoms with Crippen molar-refractivity contribution in [3.8, 4) is 0 Å². The second-order valence-corrected chi connectivity index (χ2v) is 1.57. The molecule has 1 aromatic heterocycles. The van der Waals surface area contributed by atoms with Crippen molar-refractivity contribution in [3.05, 3.63) is 29.0 Å². The van der Waals surface area contributed by atoms with Crippen molar-refractivity contribution in [3.63, 3.8) is 0 Å². The van der Waals surface area contributed by atoms with Gasteiger partial charge in [0.1, 0.15) is 6.20 Å². The summed E-state index contributed by atoms with van der Waals surface area (Å²) in [5.41, 5.74) is 0. The van der Waals surface area contributed by atoms with Gasteiger partial charge in [-0.05, 0) is 4.92 Å². The molecule has 0 saturated heterocycles. The Labute approximate surface area is 56.7 Å². The van der Waals surface area contributed by atoms with Gasteiger partial charge in [0.05, 0.1) is 12.3 Å². The number of aromatic nitrogens is 2. The second kappa shape index (κ2) is 2.30. The van der Waals surface area contributed by atoms with E-state index in [9.17, 15) is 10.1 Å². The zero-order valence-electron chi connectivity index (χ0n) is 5.10. The van der Waals surface area contributed by atoms with Crippen molar-refractivity contribution in [2.75, 3.05) is 0 Å². The first kappa shape index (κ1) is 6.47. The average Bonchev–Trinajstić information content (AvgIpc) is 2.33. The van der Waals surface area contributed by atoms with Crippen molar-refractivity contribution in [1.82, 2.24) is 9.78 Å². The van der Waals surface area contributed by atoms with Gasteiger partial charge in [0.15, 0.2) is 0 Å². The molecule has 1 aromatic rings. The van der Waals surface area contributed by atoms with Crippen LogP contribution < -0.4 is 0 Å². The predicted molar refractivity (Wildman–Crippen MR) is 35.3 cm³/mol. The molecule has 0 N–H and O–H groups in total. The number of hydrogen-bond donors (Lipinski definition) is 0. The summed E-state index contributed by atoms with van der Waals surface area (Å²) in [7, 11) is 0. The summed E-state index contributed by atoms with van der Waals surface area (Å²) in [5, 5.41) is 13.8.